The molecule has 1 aromatic carbocycles. The van der Waals surface area contributed by atoms with Crippen molar-refractivity contribution in [1.29, 1.82) is 5.26 Å². The summed E-state index contributed by atoms with van der Waals surface area (Å²) in [4.78, 5) is 2.40. The van der Waals surface area contributed by atoms with Crippen LogP contribution in [0.2, 0.25) is 0 Å². The first-order valence-corrected chi connectivity index (χ1v) is 7.11. The van der Waals surface area contributed by atoms with Crippen LogP contribution in [-0.2, 0) is 0 Å². The van der Waals surface area contributed by atoms with Crippen molar-refractivity contribution in [2.24, 2.45) is 5.41 Å². The SMILES string of the molecule is CC(C)(C)[C@H](c1cc(C#N)ccc1O)N1CCNCC1. The van der Waals surface area contributed by atoms with Crippen LogP contribution in [0.5, 0.6) is 5.75 Å². The molecule has 2 rings (SSSR count). The van der Waals surface area contributed by atoms with Gasteiger partial charge in [0.1, 0.15) is 5.75 Å². The molecule has 1 atom stereocenters. The van der Waals surface area contributed by atoms with Crippen molar-refractivity contribution in [3.63, 3.8) is 0 Å². The molecule has 0 aromatic heterocycles. The molecule has 1 heterocycles. The van der Waals surface area contributed by atoms with Crippen LogP contribution in [0.3, 0.4) is 0 Å². The average Bonchev–Trinajstić information content (AvgIpc) is 2.41. The Balaban J connectivity index is 2.43. The Hall–Kier alpha value is -1.57. The second-order valence-corrected chi connectivity index (χ2v) is 6.44. The van der Waals surface area contributed by atoms with Crippen LogP contribution in [0.1, 0.15) is 37.9 Å². The van der Waals surface area contributed by atoms with Crippen LogP contribution >= 0.6 is 0 Å². The zero-order valence-corrected chi connectivity index (χ0v) is 12.5. The fourth-order valence-electron chi connectivity index (χ4n) is 2.99. The van der Waals surface area contributed by atoms with Crippen molar-refractivity contribution in [1.82, 2.24) is 10.2 Å². The summed E-state index contributed by atoms with van der Waals surface area (Å²) >= 11 is 0. The molecule has 0 unspecified atom stereocenters. The van der Waals surface area contributed by atoms with Crippen molar-refractivity contribution in [3.8, 4) is 11.8 Å². The molecule has 1 fully saturated rings. The Morgan fingerprint density at radius 3 is 2.50 bits per heavy atom. The summed E-state index contributed by atoms with van der Waals surface area (Å²) < 4.78 is 0. The summed E-state index contributed by atoms with van der Waals surface area (Å²) in [5.41, 5.74) is 1.45. The van der Waals surface area contributed by atoms with Gasteiger partial charge in [0, 0.05) is 37.8 Å². The van der Waals surface area contributed by atoms with E-state index in [4.69, 9.17) is 5.26 Å². The van der Waals surface area contributed by atoms with Crippen LogP contribution in [0, 0.1) is 16.7 Å². The lowest BCUT2D eigenvalue weighted by Crippen LogP contribution is -2.48. The molecule has 1 aromatic rings. The summed E-state index contributed by atoms with van der Waals surface area (Å²) in [6.07, 6.45) is 0. The topological polar surface area (TPSA) is 59.3 Å². The van der Waals surface area contributed by atoms with Gasteiger partial charge in [-0.25, -0.2) is 0 Å². The number of nitrogens with zero attached hydrogens (tertiary/aromatic N) is 2. The maximum Gasteiger partial charge on any atom is 0.120 e. The third-order valence-electron chi connectivity index (χ3n) is 3.79. The maximum atomic E-state index is 10.2. The molecule has 2 N–H and O–H groups in total. The summed E-state index contributed by atoms with van der Waals surface area (Å²) in [7, 11) is 0. The zero-order valence-electron chi connectivity index (χ0n) is 12.5. The number of phenolic OH excluding ortho intramolecular Hbond substituents is 1. The number of benzene rings is 1. The van der Waals surface area contributed by atoms with E-state index in [0.717, 1.165) is 31.7 Å². The van der Waals surface area contributed by atoms with E-state index in [1.54, 1.807) is 12.1 Å². The number of piperazine rings is 1. The third-order valence-corrected chi connectivity index (χ3v) is 3.79. The van der Waals surface area contributed by atoms with Crippen molar-refractivity contribution in [2.45, 2.75) is 26.8 Å². The van der Waals surface area contributed by atoms with Crippen LogP contribution in [0.15, 0.2) is 18.2 Å². The molecule has 0 bridgehead atoms. The minimum absolute atomic E-state index is 0.0110. The summed E-state index contributed by atoms with van der Waals surface area (Å²) in [6, 6.07) is 7.39. The number of nitriles is 1. The Morgan fingerprint density at radius 2 is 1.95 bits per heavy atom. The minimum Gasteiger partial charge on any atom is -0.508 e. The molecule has 1 aliphatic heterocycles. The van der Waals surface area contributed by atoms with Gasteiger partial charge >= 0.3 is 0 Å². The molecule has 1 saturated heterocycles. The van der Waals surface area contributed by atoms with Gasteiger partial charge < -0.3 is 10.4 Å². The first-order chi connectivity index (χ1) is 9.43. The molecule has 0 spiro atoms. The van der Waals surface area contributed by atoms with E-state index in [1.807, 2.05) is 6.07 Å². The molecule has 0 radical (unpaired) electrons. The molecule has 0 amide bonds. The lowest BCUT2D eigenvalue weighted by Gasteiger charge is -2.42. The second-order valence-electron chi connectivity index (χ2n) is 6.44. The lowest BCUT2D eigenvalue weighted by molar-refractivity contribution is 0.0842. The number of aromatic hydroxyl groups is 1. The van der Waals surface area contributed by atoms with Crippen molar-refractivity contribution in [2.75, 3.05) is 26.2 Å². The Kier molecular flexibility index (Phi) is 4.32. The predicted octanol–water partition coefficient (Wildman–Crippen LogP) is 2.26. The highest BCUT2D eigenvalue weighted by Crippen LogP contribution is 2.41. The lowest BCUT2D eigenvalue weighted by atomic mass is 9.80. The normalized spacial score (nSPS) is 18.5. The number of rotatable bonds is 2. The highest BCUT2D eigenvalue weighted by Gasteiger charge is 2.34. The number of hydrogen-bond donors (Lipinski definition) is 2. The minimum atomic E-state index is -0.0110. The summed E-state index contributed by atoms with van der Waals surface area (Å²) in [5.74, 6) is 0.280. The van der Waals surface area contributed by atoms with E-state index in [-0.39, 0.29) is 17.2 Å². The molecule has 0 saturated carbocycles. The van der Waals surface area contributed by atoms with E-state index in [0.29, 0.717) is 5.56 Å². The molecular weight excluding hydrogens is 250 g/mol. The van der Waals surface area contributed by atoms with E-state index < -0.39 is 0 Å². The van der Waals surface area contributed by atoms with Crippen molar-refractivity contribution >= 4 is 0 Å². The third kappa shape index (κ3) is 3.12. The second kappa shape index (κ2) is 5.82. The van der Waals surface area contributed by atoms with E-state index in [9.17, 15) is 5.11 Å². The van der Waals surface area contributed by atoms with Gasteiger partial charge in [-0.15, -0.1) is 0 Å². The van der Waals surface area contributed by atoms with Gasteiger partial charge in [0.05, 0.1) is 11.6 Å². The predicted molar refractivity (Wildman–Crippen MR) is 79.5 cm³/mol. The first-order valence-electron chi connectivity index (χ1n) is 7.11. The van der Waals surface area contributed by atoms with E-state index in [1.165, 1.54) is 0 Å². The number of hydrogen-bond acceptors (Lipinski definition) is 4. The number of phenols is 1. The highest BCUT2D eigenvalue weighted by atomic mass is 16.3. The Morgan fingerprint density at radius 1 is 1.30 bits per heavy atom. The monoisotopic (exact) mass is 273 g/mol. The molecule has 4 heteroatoms. The number of nitrogens with one attached hydrogen (secondary N) is 1. The van der Waals surface area contributed by atoms with Crippen LogP contribution in [-0.4, -0.2) is 36.2 Å². The van der Waals surface area contributed by atoms with Crippen LogP contribution < -0.4 is 5.32 Å². The molecule has 1 aliphatic rings. The van der Waals surface area contributed by atoms with E-state index >= 15 is 0 Å². The quantitative estimate of drug-likeness (QED) is 0.867. The van der Waals surface area contributed by atoms with Gasteiger partial charge in [-0.3, -0.25) is 4.90 Å². The summed E-state index contributed by atoms with van der Waals surface area (Å²) in [5, 5.41) is 22.7. The van der Waals surface area contributed by atoms with Crippen molar-refractivity contribution < 1.29 is 5.11 Å². The van der Waals surface area contributed by atoms with Crippen LogP contribution in [0.4, 0.5) is 0 Å². The largest absolute Gasteiger partial charge is 0.508 e. The van der Waals surface area contributed by atoms with Crippen molar-refractivity contribution in [3.05, 3.63) is 29.3 Å². The average molecular weight is 273 g/mol. The van der Waals surface area contributed by atoms with Gasteiger partial charge in [-0.2, -0.15) is 5.26 Å². The highest BCUT2D eigenvalue weighted by molar-refractivity contribution is 5.43. The molecule has 20 heavy (non-hydrogen) atoms. The summed E-state index contributed by atoms with van der Waals surface area (Å²) in [6.45, 7) is 10.4. The van der Waals surface area contributed by atoms with Gasteiger partial charge in [0.15, 0.2) is 0 Å². The molecule has 4 nitrogen and oxygen atoms in total. The smallest absolute Gasteiger partial charge is 0.120 e. The van der Waals surface area contributed by atoms with Gasteiger partial charge in [0.25, 0.3) is 0 Å². The maximum absolute atomic E-state index is 10.2. The van der Waals surface area contributed by atoms with Gasteiger partial charge in [-0.1, -0.05) is 20.8 Å². The zero-order chi connectivity index (χ0) is 14.8. The molecular formula is C16H23N3O. The van der Waals surface area contributed by atoms with E-state index in [2.05, 4.69) is 37.1 Å². The van der Waals surface area contributed by atoms with Gasteiger partial charge in [0.2, 0.25) is 0 Å². The Bertz CT molecular complexity index is 507. The standard InChI is InChI=1S/C16H23N3O/c1-16(2,3)15(19-8-6-18-7-9-19)13-10-12(11-17)4-5-14(13)20/h4-5,10,15,18,20H,6-9H2,1-3H3/t15-/m0/s1. The van der Waals surface area contributed by atoms with Gasteiger partial charge in [-0.05, 0) is 23.6 Å². The Labute approximate surface area is 121 Å². The fourth-order valence-corrected chi connectivity index (χ4v) is 2.99. The van der Waals surface area contributed by atoms with Crippen LogP contribution in [0.25, 0.3) is 0 Å². The fraction of sp³-hybridized carbons (Fsp3) is 0.562. The first kappa shape index (κ1) is 14.8. The molecule has 0 aliphatic carbocycles. The molecule has 108 valence electrons.